The molecule has 1 unspecified atom stereocenters. The van der Waals surface area contributed by atoms with Crippen molar-refractivity contribution in [1.29, 1.82) is 0 Å². The highest BCUT2D eigenvalue weighted by molar-refractivity contribution is 4.78. The molecule has 106 valence electrons. The molecule has 2 fully saturated rings. The Kier molecular flexibility index (Phi) is 5.89. The molecule has 2 aliphatic rings. The van der Waals surface area contributed by atoms with E-state index in [1.54, 1.807) is 0 Å². The summed E-state index contributed by atoms with van der Waals surface area (Å²) in [6.45, 7) is 11.3. The Morgan fingerprint density at radius 1 is 1.06 bits per heavy atom. The van der Waals surface area contributed by atoms with Crippen LogP contribution in [0.25, 0.3) is 0 Å². The van der Waals surface area contributed by atoms with Gasteiger partial charge in [0.15, 0.2) is 0 Å². The summed E-state index contributed by atoms with van der Waals surface area (Å²) in [5.41, 5.74) is 0. The molecular formula is C14H30N4. The lowest BCUT2D eigenvalue weighted by molar-refractivity contribution is 0.220. The number of nitrogens with zero attached hydrogens (tertiary/aromatic N) is 3. The minimum Gasteiger partial charge on any atom is -0.314 e. The second-order valence-corrected chi connectivity index (χ2v) is 6.14. The molecule has 0 aromatic rings. The van der Waals surface area contributed by atoms with Crippen LogP contribution in [0.1, 0.15) is 12.8 Å². The van der Waals surface area contributed by atoms with E-state index in [4.69, 9.17) is 0 Å². The molecule has 1 N–H and O–H groups in total. The van der Waals surface area contributed by atoms with Crippen molar-refractivity contribution >= 4 is 0 Å². The first-order valence-corrected chi connectivity index (χ1v) is 7.54. The molecule has 0 saturated carbocycles. The number of hydrogen-bond donors (Lipinski definition) is 1. The van der Waals surface area contributed by atoms with E-state index in [9.17, 15) is 0 Å². The Labute approximate surface area is 112 Å². The van der Waals surface area contributed by atoms with E-state index in [1.807, 2.05) is 0 Å². The molecule has 0 radical (unpaired) electrons. The van der Waals surface area contributed by atoms with Crippen LogP contribution in [0.15, 0.2) is 0 Å². The van der Waals surface area contributed by atoms with Crippen molar-refractivity contribution < 1.29 is 0 Å². The normalized spacial score (nSPS) is 27.2. The highest BCUT2D eigenvalue weighted by atomic mass is 15.2. The van der Waals surface area contributed by atoms with E-state index < -0.39 is 0 Å². The maximum Gasteiger partial charge on any atom is 0.0109 e. The summed E-state index contributed by atoms with van der Waals surface area (Å²) in [5.74, 6) is 0.946. The van der Waals surface area contributed by atoms with E-state index in [2.05, 4.69) is 34.1 Å². The van der Waals surface area contributed by atoms with Gasteiger partial charge in [0.25, 0.3) is 0 Å². The van der Waals surface area contributed by atoms with E-state index in [-0.39, 0.29) is 0 Å². The van der Waals surface area contributed by atoms with Crippen LogP contribution >= 0.6 is 0 Å². The van der Waals surface area contributed by atoms with Crippen molar-refractivity contribution in [2.45, 2.75) is 12.8 Å². The fourth-order valence-electron chi connectivity index (χ4n) is 2.99. The maximum atomic E-state index is 3.42. The summed E-state index contributed by atoms with van der Waals surface area (Å²) in [5, 5.41) is 3.42. The predicted octanol–water partition coefficient (Wildman–Crippen LogP) is 0.165. The Balaban J connectivity index is 1.57. The standard InChI is InChI=1S/C14H30N4/c1-16(2)11-12-18-8-4-14(13-18)3-7-17-9-5-15-6-10-17/h14-15H,3-13H2,1-2H3. The lowest BCUT2D eigenvalue weighted by Gasteiger charge is -2.28. The molecule has 2 aliphatic heterocycles. The van der Waals surface area contributed by atoms with Crippen LogP contribution in [0.5, 0.6) is 0 Å². The van der Waals surface area contributed by atoms with Gasteiger partial charge in [-0.1, -0.05) is 0 Å². The number of rotatable bonds is 6. The van der Waals surface area contributed by atoms with Crippen LogP contribution in [0.3, 0.4) is 0 Å². The SMILES string of the molecule is CN(C)CCN1CCC(CCN2CCNCC2)C1. The second-order valence-electron chi connectivity index (χ2n) is 6.14. The predicted molar refractivity (Wildman–Crippen MR) is 77.0 cm³/mol. The van der Waals surface area contributed by atoms with E-state index >= 15 is 0 Å². The van der Waals surface area contributed by atoms with E-state index in [0.717, 1.165) is 5.92 Å². The lowest BCUT2D eigenvalue weighted by Crippen LogP contribution is -2.44. The van der Waals surface area contributed by atoms with Crippen LogP contribution in [0.2, 0.25) is 0 Å². The van der Waals surface area contributed by atoms with Gasteiger partial charge in [-0.2, -0.15) is 0 Å². The number of hydrogen-bond acceptors (Lipinski definition) is 4. The van der Waals surface area contributed by atoms with Gasteiger partial charge in [-0.3, -0.25) is 0 Å². The maximum absolute atomic E-state index is 3.42. The molecule has 4 nitrogen and oxygen atoms in total. The van der Waals surface area contributed by atoms with Gasteiger partial charge in [-0.25, -0.2) is 0 Å². The van der Waals surface area contributed by atoms with Crippen LogP contribution in [-0.4, -0.2) is 87.7 Å². The topological polar surface area (TPSA) is 21.8 Å². The minimum absolute atomic E-state index is 0.946. The zero-order valence-corrected chi connectivity index (χ0v) is 12.2. The van der Waals surface area contributed by atoms with Gasteiger partial charge in [-0.15, -0.1) is 0 Å². The van der Waals surface area contributed by atoms with Crippen molar-refractivity contribution in [3.05, 3.63) is 0 Å². The molecule has 2 saturated heterocycles. The largest absolute Gasteiger partial charge is 0.314 e. The number of piperazine rings is 1. The van der Waals surface area contributed by atoms with Crippen LogP contribution < -0.4 is 5.32 Å². The molecule has 2 rings (SSSR count). The fraction of sp³-hybridized carbons (Fsp3) is 1.00. The van der Waals surface area contributed by atoms with Crippen molar-refractivity contribution in [1.82, 2.24) is 20.0 Å². The Bertz CT molecular complexity index is 226. The summed E-state index contributed by atoms with van der Waals surface area (Å²) >= 11 is 0. The molecule has 2 heterocycles. The molecular weight excluding hydrogens is 224 g/mol. The molecule has 0 aromatic carbocycles. The Morgan fingerprint density at radius 2 is 1.83 bits per heavy atom. The third-order valence-corrected chi connectivity index (χ3v) is 4.30. The average Bonchev–Trinajstić information content (AvgIpc) is 2.83. The molecule has 4 heteroatoms. The number of likely N-dealkylation sites (tertiary alicyclic amines) is 1. The monoisotopic (exact) mass is 254 g/mol. The van der Waals surface area contributed by atoms with Crippen LogP contribution in [-0.2, 0) is 0 Å². The summed E-state index contributed by atoms with van der Waals surface area (Å²) in [6.07, 6.45) is 2.82. The number of nitrogens with one attached hydrogen (secondary N) is 1. The van der Waals surface area contributed by atoms with Crippen molar-refractivity contribution in [3.63, 3.8) is 0 Å². The third-order valence-electron chi connectivity index (χ3n) is 4.30. The summed E-state index contributed by atoms with van der Waals surface area (Å²) in [4.78, 5) is 7.55. The van der Waals surface area contributed by atoms with Gasteiger partial charge in [-0.05, 0) is 45.9 Å². The summed E-state index contributed by atoms with van der Waals surface area (Å²) in [7, 11) is 4.33. The van der Waals surface area contributed by atoms with Gasteiger partial charge in [0.2, 0.25) is 0 Å². The third kappa shape index (κ3) is 4.84. The van der Waals surface area contributed by atoms with E-state index in [1.165, 1.54) is 71.7 Å². The summed E-state index contributed by atoms with van der Waals surface area (Å²) < 4.78 is 0. The molecule has 0 spiro atoms. The molecule has 0 aromatic heterocycles. The quantitative estimate of drug-likeness (QED) is 0.729. The average molecular weight is 254 g/mol. The first-order chi connectivity index (χ1) is 8.74. The van der Waals surface area contributed by atoms with Gasteiger partial charge >= 0.3 is 0 Å². The van der Waals surface area contributed by atoms with Crippen molar-refractivity contribution in [2.75, 3.05) is 73.0 Å². The molecule has 18 heavy (non-hydrogen) atoms. The fourth-order valence-corrected chi connectivity index (χ4v) is 2.99. The Morgan fingerprint density at radius 3 is 2.56 bits per heavy atom. The van der Waals surface area contributed by atoms with Gasteiger partial charge in [0.05, 0.1) is 0 Å². The minimum atomic E-state index is 0.946. The first-order valence-electron chi connectivity index (χ1n) is 7.54. The van der Waals surface area contributed by atoms with Gasteiger partial charge < -0.3 is 20.0 Å². The molecule has 1 atom stereocenters. The van der Waals surface area contributed by atoms with E-state index in [0.29, 0.717) is 0 Å². The van der Waals surface area contributed by atoms with Gasteiger partial charge in [0.1, 0.15) is 0 Å². The zero-order valence-electron chi connectivity index (χ0n) is 12.2. The smallest absolute Gasteiger partial charge is 0.0109 e. The second kappa shape index (κ2) is 7.43. The number of likely N-dealkylation sites (N-methyl/N-ethyl adjacent to an activating group) is 1. The van der Waals surface area contributed by atoms with Crippen molar-refractivity contribution in [3.8, 4) is 0 Å². The van der Waals surface area contributed by atoms with Crippen molar-refractivity contribution in [2.24, 2.45) is 5.92 Å². The highest BCUT2D eigenvalue weighted by Gasteiger charge is 2.22. The molecule has 0 aliphatic carbocycles. The first kappa shape index (κ1) is 14.3. The van der Waals surface area contributed by atoms with Crippen LogP contribution in [0.4, 0.5) is 0 Å². The zero-order chi connectivity index (χ0) is 12.8. The molecule has 0 amide bonds. The Hall–Kier alpha value is -0.160. The lowest BCUT2D eigenvalue weighted by atomic mass is 10.0. The highest BCUT2D eigenvalue weighted by Crippen LogP contribution is 2.19. The van der Waals surface area contributed by atoms with Crippen LogP contribution in [0, 0.1) is 5.92 Å². The summed E-state index contributed by atoms with van der Waals surface area (Å²) in [6, 6.07) is 0. The molecule has 0 bridgehead atoms. The van der Waals surface area contributed by atoms with Gasteiger partial charge in [0, 0.05) is 45.8 Å².